The van der Waals surface area contributed by atoms with Gasteiger partial charge in [-0.05, 0) is 32.3 Å². The third-order valence-electron chi connectivity index (χ3n) is 3.96. The van der Waals surface area contributed by atoms with Crippen LogP contribution in [0.25, 0.3) is 0 Å². The second-order valence-corrected chi connectivity index (χ2v) is 7.82. The van der Waals surface area contributed by atoms with Gasteiger partial charge < -0.3 is 5.11 Å². The third kappa shape index (κ3) is 2.87. The molecule has 0 aromatic carbocycles. The van der Waals surface area contributed by atoms with Crippen LogP contribution in [0.2, 0.25) is 0 Å². The van der Waals surface area contributed by atoms with Gasteiger partial charge in [0.15, 0.2) is 9.84 Å². The highest BCUT2D eigenvalue weighted by atomic mass is 32.2. The Balaban J connectivity index is 2.27. The quantitative estimate of drug-likeness (QED) is 0.900. The molecule has 0 bridgehead atoms. The van der Waals surface area contributed by atoms with Gasteiger partial charge in [-0.3, -0.25) is 9.48 Å². The number of aryl methyl sites for hydroxylation is 1. The van der Waals surface area contributed by atoms with Gasteiger partial charge in [0.2, 0.25) is 0 Å². The lowest BCUT2D eigenvalue weighted by molar-refractivity contribution is -0.141. The second-order valence-electron chi connectivity index (χ2n) is 5.59. The van der Waals surface area contributed by atoms with E-state index in [1.165, 1.54) is 0 Å². The van der Waals surface area contributed by atoms with Gasteiger partial charge in [0.25, 0.3) is 0 Å². The van der Waals surface area contributed by atoms with Crippen molar-refractivity contribution < 1.29 is 18.3 Å². The van der Waals surface area contributed by atoms with Crippen LogP contribution in [0.3, 0.4) is 0 Å². The molecule has 1 aromatic rings. The average Bonchev–Trinajstić information content (AvgIpc) is 2.83. The Morgan fingerprint density at radius 2 is 2.15 bits per heavy atom. The molecule has 0 radical (unpaired) electrons. The van der Waals surface area contributed by atoms with Gasteiger partial charge in [-0.25, -0.2) is 8.42 Å². The molecular formula is C13H20N2O4S. The predicted molar refractivity (Wildman–Crippen MR) is 74.5 cm³/mol. The first-order chi connectivity index (χ1) is 9.21. The molecule has 2 rings (SSSR count). The smallest absolute Gasteiger partial charge is 0.306 e. The number of hydrogen-bond acceptors (Lipinski definition) is 4. The summed E-state index contributed by atoms with van der Waals surface area (Å²) in [7, 11) is -2.96. The van der Waals surface area contributed by atoms with E-state index in [4.69, 9.17) is 5.11 Å². The zero-order valence-corrected chi connectivity index (χ0v) is 12.8. The molecule has 20 heavy (non-hydrogen) atoms. The molecule has 112 valence electrons. The summed E-state index contributed by atoms with van der Waals surface area (Å²) >= 11 is 0. The van der Waals surface area contributed by atoms with Crippen molar-refractivity contribution in [2.75, 3.05) is 11.5 Å². The average molecular weight is 300 g/mol. The number of carboxylic acids is 1. The monoisotopic (exact) mass is 300 g/mol. The Morgan fingerprint density at radius 1 is 1.50 bits per heavy atom. The highest BCUT2D eigenvalue weighted by Crippen LogP contribution is 2.27. The van der Waals surface area contributed by atoms with Crippen LogP contribution >= 0.6 is 0 Å². The molecule has 2 atom stereocenters. The van der Waals surface area contributed by atoms with Gasteiger partial charge in [0.05, 0.1) is 29.2 Å². The molecule has 0 spiro atoms. The predicted octanol–water partition coefficient (Wildman–Crippen LogP) is 1.12. The lowest BCUT2D eigenvalue weighted by Crippen LogP contribution is -2.15. The maximum absolute atomic E-state index is 11.6. The fourth-order valence-corrected chi connectivity index (χ4v) is 4.40. The van der Waals surface area contributed by atoms with Gasteiger partial charge in [0, 0.05) is 5.69 Å². The number of carboxylic acid groups (broad SMARTS) is 1. The first kappa shape index (κ1) is 15.0. The normalized spacial score (nSPS) is 22.9. The zero-order chi connectivity index (χ0) is 15.1. The summed E-state index contributed by atoms with van der Waals surface area (Å²) < 4.78 is 24.9. The molecule has 6 nitrogen and oxygen atoms in total. The molecule has 1 aliphatic heterocycles. The van der Waals surface area contributed by atoms with E-state index in [1.807, 2.05) is 13.8 Å². The molecule has 1 saturated heterocycles. The number of hydrogen-bond donors (Lipinski definition) is 1. The van der Waals surface area contributed by atoms with Crippen molar-refractivity contribution >= 4 is 15.8 Å². The van der Waals surface area contributed by atoms with Crippen molar-refractivity contribution in [3.05, 3.63) is 17.0 Å². The number of carbonyl (C=O) groups is 1. The summed E-state index contributed by atoms with van der Waals surface area (Å²) in [6, 6.07) is -0.118. The van der Waals surface area contributed by atoms with E-state index >= 15 is 0 Å². The lowest BCUT2D eigenvalue weighted by atomic mass is 10.00. The van der Waals surface area contributed by atoms with Crippen LogP contribution in [0.4, 0.5) is 0 Å². The summed E-state index contributed by atoms with van der Waals surface area (Å²) in [5.74, 6) is -0.975. The van der Waals surface area contributed by atoms with E-state index in [-0.39, 0.29) is 17.5 Å². The number of nitrogens with zero attached hydrogens (tertiary/aromatic N) is 2. The third-order valence-corrected chi connectivity index (χ3v) is 5.71. The van der Waals surface area contributed by atoms with Gasteiger partial charge in [-0.1, -0.05) is 6.92 Å². The summed E-state index contributed by atoms with van der Waals surface area (Å²) in [6.07, 6.45) is 1.00. The van der Waals surface area contributed by atoms with E-state index in [1.54, 1.807) is 11.6 Å². The largest absolute Gasteiger partial charge is 0.481 e. The zero-order valence-electron chi connectivity index (χ0n) is 12.0. The summed E-state index contributed by atoms with van der Waals surface area (Å²) in [5.41, 5.74) is 2.60. The van der Waals surface area contributed by atoms with Crippen molar-refractivity contribution in [2.24, 2.45) is 5.92 Å². The number of rotatable bonds is 4. The fraction of sp³-hybridized carbons (Fsp3) is 0.692. The SMILES string of the molecule is Cc1nn(C2CCS(=O)(=O)C2)c(C)c1CC(C)C(=O)O. The molecular weight excluding hydrogens is 280 g/mol. The van der Waals surface area contributed by atoms with Crippen LogP contribution in [0.1, 0.15) is 36.3 Å². The van der Waals surface area contributed by atoms with Crippen molar-refractivity contribution in [3.8, 4) is 0 Å². The molecule has 1 aliphatic rings. The fourth-order valence-electron chi connectivity index (χ4n) is 2.71. The Kier molecular flexibility index (Phi) is 3.90. The molecule has 1 aromatic heterocycles. The Morgan fingerprint density at radius 3 is 2.65 bits per heavy atom. The van der Waals surface area contributed by atoms with Crippen LogP contribution in [0.5, 0.6) is 0 Å². The first-order valence-electron chi connectivity index (χ1n) is 6.69. The van der Waals surface area contributed by atoms with Gasteiger partial charge >= 0.3 is 5.97 Å². The van der Waals surface area contributed by atoms with Crippen LogP contribution in [-0.4, -0.2) is 40.8 Å². The lowest BCUT2D eigenvalue weighted by Gasteiger charge is -2.12. The van der Waals surface area contributed by atoms with E-state index in [9.17, 15) is 13.2 Å². The molecule has 0 amide bonds. The molecule has 7 heteroatoms. The van der Waals surface area contributed by atoms with E-state index in [0.29, 0.717) is 12.8 Å². The number of aromatic nitrogens is 2. The highest BCUT2D eigenvalue weighted by Gasteiger charge is 2.31. The van der Waals surface area contributed by atoms with E-state index in [0.717, 1.165) is 17.0 Å². The van der Waals surface area contributed by atoms with Crippen molar-refractivity contribution in [3.63, 3.8) is 0 Å². The Labute approximate surface area is 118 Å². The summed E-state index contributed by atoms with van der Waals surface area (Å²) in [6.45, 7) is 5.39. The summed E-state index contributed by atoms with van der Waals surface area (Å²) in [5, 5.41) is 13.4. The first-order valence-corrected chi connectivity index (χ1v) is 8.51. The minimum atomic E-state index is -2.96. The molecule has 2 heterocycles. The van der Waals surface area contributed by atoms with Crippen molar-refractivity contribution in [1.29, 1.82) is 0 Å². The molecule has 0 aliphatic carbocycles. The standard InChI is InChI=1S/C13H20N2O4S/c1-8(13(16)17)6-12-9(2)14-15(10(12)3)11-4-5-20(18,19)7-11/h8,11H,4-7H2,1-3H3,(H,16,17). The number of aliphatic carboxylic acids is 1. The van der Waals surface area contributed by atoms with Crippen LogP contribution in [0, 0.1) is 19.8 Å². The van der Waals surface area contributed by atoms with Gasteiger partial charge in [-0.15, -0.1) is 0 Å². The Hall–Kier alpha value is -1.37. The Bertz CT molecular complexity index is 633. The highest BCUT2D eigenvalue weighted by molar-refractivity contribution is 7.91. The topological polar surface area (TPSA) is 89.3 Å². The molecule has 1 N–H and O–H groups in total. The summed E-state index contributed by atoms with van der Waals surface area (Å²) in [4.78, 5) is 11.0. The molecule has 2 unspecified atom stereocenters. The van der Waals surface area contributed by atoms with Crippen molar-refractivity contribution in [1.82, 2.24) is 9.78 Å². The van der Waals surface area contributed by atoms with E-state index < -0.39 is 21.7 Å². The maximum Gasteiger partial charge on any atom is 0.306 e. The maximum atomic E-state index is 11.6. The minimum absolute atomic E-state index is 0.118. The van der Waals surface area contributed by atoms with Gasteiger partial charge in [-0.2, -0.15) is 5.10 Å². The van der Waals surface area contributed by atoms with Crippen LogP contribution < -0.4 is 0 Å². The van der Waals surface area contributed by atoms with Crippen LogP contribution in [0.15, 0.2) is 0 Å². The minimum Gasteiger partial charge on any atom is -0.481 e. The van der Waals surface area contributed by atoms with E-state index in [2.05, 4.69) is 5.10 Å². The number of sulfone groups is 1. The molecule has 0 saturated carbocycles. The second kappa shape index (κ2) is 5.20. The molecule has 1 fully saturated rings. The van der Waals surface area contributed by atoms with Gasteiger partial charge in [0.1, 0.15) is 0 Å². The van der Waals surface area contributed by atoms with Crippen molar-refractivity contribution in [2.45, 2.75) is 39.7 Å². The van der Waals surface area contributed by atoms with Crippen LogP contribution in [-0.2, 0) is 21.1 Å².